The van der Waals surface area contributed by atoms with Crippen molar-refractivity contribution in [1.29, 1.82) is 0 Å². The number of hydrogen-bond acceptors (Lipinski definition) is 3. The third kappa shape index (κ3) is 2.42. The molecule has 2 aromatic rings. The average Bonchev–Trinajstić information content (AvgIpc) is 2.78. The summed E-state index contributed by atoms with van der Waals surface area (Å²) in [6.45, 7) is 0.634. The number of nitrogens with zero attached hydrogens (tertiary/aromatic N) is 1. The quantitative estimate of drug-likeness (QED) is 0.867. The van der Waals surface area contributed by atoms with Gasteiger partial charge in [-0.1, -0.05) is 6.07 Å². The number of rotatable bonds is 4. The molecule has 0 spiro atoms. The number of carbonyl (C=O) groups excluding carboxylic acids is 1. The Morgan fingerprint density at radius 2 is 2.24 bits per heavy atom. The van der Waals surface area contributed by atoms with Gasteiger partial charge in [0.1, 0.15) is 5.82 Å². The van der Waals surface area contributed by atoms with Crippen LogP contribution in [-0.2, 0) is 11.3 Å². The number of methoxy groups -OCH3 is 1. The highest BCUT2D eigenvalue weighted by Gasteiger charge is 2.33. The number of carbonyl (C=O) groups is 1. The molecule has 3 rings (SSSR count). The molecule has 2 heterocycles. The van der Waals surface area contributed by atoms with Crippen LogP contribution >= 0.6 is 11.3 Å². The molecule has 0 atom stereocenters. The lowest BCUT2D eigenvalue weighted by atomic mass is 10.0. The molecule has 0 saturated carbocycles. The standard InChI is InChI=1S/C15H15F2NO2S/c1-20-8-10-13-11(17)3-2-4-12(13)21-14(10)15(19)18-6-9(5-16)7-18/h2-4,9H,5-8H2,1H3. The lowest BCUT2D eigenvalue weighted by Gasteiger charge is -2.37. The molecule has 1 saturated heterocycles. The lowest BCUT2D eigenvalue weighted by Crippen LogP contribution is -2.50. The Balaban J connectivity index is 2.00. The van der Waals surface area contributed by atoms with Gasteiger partial charge in [0.25, 0.3) is 5.91 Å². The molecule has 112 valence electrons. The van der Waals surface area contributed by atoms with Crippen LogP contribution in [0.5, 0.6) is 0 Å². The van der Waals surface area contributed by atoms with E-state index in [-0.39, 0.29) is 24.2 Å². The van der Waals surface area contributed by atoms with Crippen molar-refractivity contribution in [2.45, 2.75) is 6.61 Å². The molecule has 0 radical (unpaired) electrons. The van der Waals surface area contributed by atoms with Crippen LogP contribution in [0.15, 0.2) is 18.2 Å². The second kappa shape index (κ2) is 5.69. The molecule has 0 aliphatic carbocycles. The molecule has 1 aromatic carbocycles. The largest absolute Gasteiger partial charge is 0.380 e. The minimum atomic E-state index is -0.407. The number of thiophene rings is 1. The first-order valence-corrected chi connectivity index (χ1v) is 7.51. The van der Waals surface area contributed by atoms with Gasteiger partial charge in [-0.05, 0) is 12.1 Å². The zero-order valence-corrected chi connectivity index (χ0v) is 12.4. The van der Waals surface area contributed by atoms with E-state index in [1.54, 1.807) is 17.0 Å². The van der Waals surface area contributed by atoms with E-state index in [1.807, 2.05) is 0 Å². The van der Waals surface area contributed by atoms with Crippen LogP contribution in [0.1, 0.15) is 15.2 Å². The Morgan fingerprint density at radius 1 is 1.48 bits per heavy atom. The highest BCUT2D eigenvalue weighted by molar-refractivity contribution is 7.21. The summed E-state index contributed by atoms with van der Waals surface area (Å²) in [4.78, 5) is 14.6. The maximum atomic E-state index is 14.0. The zero-order valence-electron chi connectivity index (χ0n) is 11.6. The van der Waals surface area contributed by atoms with Crippen molar-refractivity contribution in [2.75, 3.05) is 26.9 Å². The van der Waals surface area contributed by atoms with Crippen LogP contribution in [0.2, 0.25) is 0 Å². The van der Waals surface area contributed by atoms with E-state index in [9.17, 15) is 13.6 Å². The van der Waals surface area contributed by atoms with Crippen LogP contribution in [0.4, 0.5) is 8.78 Å². The minimum absolute atomic E-state index is 0.0639. The summed E-state index contributed by atoms with van der Waals surface area (Å²) >= 11 is 1.27. The van der Waals surface area contributed by atoms with Gasteiger partial charge in [0, 0.05) is 41.8 Å². The highest BCUT2D eigenvalue weighted by Crippen LogP contribution is 2.35. The fourth-order valence-corrected chi connectivity index (χ4v) is 3.79. The van der Waals surface area contributed by atoms with Crippen molar-refractivity contribution in [3.63, 3.8) is 0 Å². The molecule has 1 aliphatic rings. The average molecular weight is 311 g/mol. The summed E-state index contributed by atoms with van der Waals surface area (Å²) in [7, 11) is 1.52. The van der Waals surface area contributed by atoms with Crippen LogP contribution in [0, 0.1) is 11.7 Å². The molecular formula is C15H15F2NO2S. The topological polar surface area (TPSA) is 29.5 Å². The highest BCUT2D eigenvalue weighted by atomic mass is 32.1. The molecule has 1 amide bonds. The molecule has 1 fully saturated rings. The fraction of sp³-hybridized carbons (Fsp3) is 0.400. The molecule has 1 aliphatic heterocycles. The van der Waals surface area contributed by atoms with Crippen LogP contribution in [0.3, 0.4) is 0 Å². The second-order valence-electron chi connectivity index (χ2n) is 5.19. The summed E-state index contributed by atoms with van der Waals surface area (Å²) < 4.78 is 32.4. The number of amides is 1. The summed E-state index contributed by atoms with van der Waals surface area (Å²) in [5.74, 6) is -0.571. The molecule has 0 N–H and O–H groups in total. The second-order valence-corrected chi connectivity index (χ2v) is 6.24. The van der Waals surface area contributed by atoms with Crippen LogP contribution < -0.4 is 0 Å². The van der Waals surface area contributed by atoms with Crippen molar-refractivity contribution < 1.29 is 18.3 Å². The number of likely N-dealkylation sites (tertiary alicyclic amines) is 1. The first-order chi connectivity index (χ1) is 10.2. The van der Waals surface area contributed by atoms with E-state index in [2.05, 4.69) is 0 Å². The van der Waals surface area contributed by atoms with Gasteiger partial charge in [0.2, 0.25) is 0 Å². The summed E-state index contributed by atoms with van der Waals surface area (Å²) in [5, 5.41) is 0.454. The molecule has 3 nitrogen and oxygen atoms in total. The van der Waals surface area contributed by atoms with Gasteiger partial charge in [-0.15, -0.1) is 11.3 Å². The van der Waals surface area contributed by atoms with E-state index in [4.69, 9.17) is 4.74 Å². The predicted octanol–water partition coefficient (Wildman–Crippen LogP) is 3.23. The van der Waals surface area contributed by atoms with Gasteiger partial charge in [-0.2, -0.15) is 0 Å². The first kappa shape index (κ1) is 14.4. The van der Waals surface area contributed by atoms with Gasteiger partial charge in [-0.3, -0.25) is 9.18 Å². The zero-order chi connectivity index (χ0) is 15.0. The van der Waals surface area contributed by atoms with E-state index in [0.29, 0.717) is 28.9 Å². The Kier molecular flexibility index (Phi) is 3.91. The molecule has 0 bridgehead atoms. The summed E-state index contributed by atoms with van der Waals surface area (Å²) in [5.41, 5.74) is 0.587. The maximum absolute atomic E-state index is 14.0. The van der Waals surface area contributed by atoms with Crippen molar-refractivity contribution >= 4 is 27.3 Å². The first-order valence-electron chi connectivity index (χ1n) is 6.69. The number of alkyl halides is 1. The van der Waals surface area contributed by atoms with Gasteiger partial charge in [-0.25, -0.2) is 4.39 Å². The fourth-order valence-electron chi connectivity index (χ4n) is 2.60. The van der Waals surface area contributed by atoms with Gasteiger partial charge >= 0.3 is 0 Å². The summed E-state index contributed by atoms with van der Waals surface area (Å²) in [6.07, 6.45) is 0. The summed E-state index contributed by atoms with van der Waals surface area (Å²) in [6, 6.07) is 4.80. The Bertz CT molecular complexity index is 680. The smallest absolute Gasteiger partial charge is 0.264 e. The number of halogens is 2. The predicted molar refractivity (Wildman–Crippen MR) is 77.9 cm³/mol. The molecule has 21 heavy (non-hydrogen) atoms. The van der Waals surface area contributed by atoms with Crippen molar-refractivity contribution in [2.24, 2.45) is 5.92 Å². The van der Waals surface area contributed by atoms with Gasteiger partial charge < -0.3 is 9.64 Å². The molecule has 6 heteroatoms. The number of hydrogen-bond donors (Lipinski definition) is 0. The molecule has 0 unspecified atom stereocenters. The number of ether oxygens (including phenoxy) is 1. The molecule has 1 aromatic heterocycles. The Morgan fingerprint density at radius 3 is 2.90 bits per heavy atom. The normalized spacial score (nSPS) is 15.5. The Hall–Kier alpha value is -1.53. The van der Waals surface area contributed by atoms with Gasteiger partial charge in [0.15, 0.2) is 0 Å². The maximum Gasteiger partial charge on any atom is 0.264 e. The van der Waals surface area contributed by atoms with E-state index in [1.165, 1.54) is 24.5 Å². The lowest BCUT2D eigenvalue weighted by molar-refractivity contribution is 0.0454. The number of fused-ring (bicyclic) bond motifs is 1. The van der Waals surface area contributed by atoms with E-state index >= 15 is 0 Å². The van der Waals surface area contributed by atoms with Crippen LogP contribution in [-0.4, -0.2) is 37.7 Å². The van der Waals surface area contributed by atoms with Crippen molar-refractivity contribution in [3.05, 3.63) is 34.5 Å². The van der Waals surface area contributed by atoms with Gasteiger partial charge in [0.05, 0.1) is 18.2 Å². The number of benzene rings is 1. The van der Waals surface area contributed by atoms with Crippen LogP contribution in [0.25, 0.3) is 10.1 Å². The minimum Gasteiger partial charge on any atom is -0.380 e. The SMILES string of the molecule is COCc1c(C(=O)N2CC(CF)C2)sc2cccc(F)c12. The Labute approximate surface area is 125 Å². The third-order valence-corrected chi connectivity index (χ3v) is 4.89. The molecular weight excluding hydrogens is 296 g/mol. The third-order valence-electron chi connectivity index (χ3n) is 3.71. The van der Waals surface area contributed by atoms with E-state index < -0.39 is 6.67 Å². The van der Waals surface area contributed by atoms with Crippen molar-refractivity contribution in [1.82, 2.24) is 4.90 Å². The van der Waals surface area contributed by atoms with Crippen molar-refractivity contribution in [3.8, 4) is 0 Å². The monoisotopic (exact) mass is 311 g/mol. The van der Waals surface area contributed by atoms with E-state index in [0.717, 1.165) is 4.70 Å².